The summed E-state index contributed by atoms with van der Waals surface area (Å²) < 4.78 is 76.1. The molecule has 0 aliphatic carbocycles. The Labute approximate surface area is 341 Å². The number of anilines is 6. The second kappa shape index (κ2) is 14.8. The molecule has 0 saturated heterocycles. The minimum atomic E-state index is -4.56. The van der Waals surface area contributed by atoms with Crippen molar-refractivity contribution in [2.75, 3.05) is 33.7 Å². The van der Waals surface area contributed by atoms with Gasteiger partial charge in [-0.25, -0.2) is 0 Å². The van der Waals surface area contributed by atoms with Crippen LogP contribution in [0.25, 0.3) is 32.9 Å². The van der Waals surface area contributed by atoms with Crippen LogP contribution in [0, 0.1) is 40.2 Å². The summed E-state index contributed by atoms with van der Waals surface area (Å²) in [5.74, 6) is 0. The molecule has 0 fully saturated rings. The Morgan fingerprint density at radius 1 is 0.544 bits per heavy atom. The normalized spacial score (nSPS) is 13.8. The number of benzene rings is 6. The van der Waals surface area contributed by atoms with Crippen molar-refractivity contribution >= 4 is 55.9 Å². The third kappa shape index (κ3) is 7.45. The molecule has 0 spiro atoms. The third-order valence-electron chi connectivity index (χ3n) is 10.1. The maximum absolute atomic E-state index is 12.7. The topological polar surface area (TPSA) is 27.1 Å². The summed E-state index contributed by atoms with van der Waals surface area (Å²) in [6.07, 6.45) is -9.11. The molecule has 12 heteroatoms. The van der Waals surface area contributed by atoms with E-state index in [9.17, 15) is 26.3 Å². The van der Waals surface area contributed by atoms with Crippen LogP contribution in [0.4, 0.5) is 60.5 Å². The molecule has 2 aliphatic heterocycles. The molecular formula is C45H35F6N5Pt. The molecule has 0 unspecified atom stereocenters. The fourth-order valence-electron chi connectivity index (χ4n) is 7.67. The van der Waals surface area contributed by atoms with Crippen LogP contribution in [-0.4, -0.2) is 14.1 Å². The quantitative estimate of drug-likeness (QED) is 0.130. The van der Waals surface area contributed by atoms with Crippen LogP contribution in [0.15, 0.2) is 109 Å². The molecule has 7 aromatic rings. The SMILES string of the molecule is Cc1cc(C)c(-c2cc(N3[CH-]N(C)c4ccccc43)[c-]c(N3[CH-]N(C)c4ccccc43)c2)c(C)c1.FC(F)(F)c1ccc2[n-]c3ccc(C(F)(F)F)cc3c2c1.[Pt+4]. The van der Waals surface area contributed by atoms with E-state index in [1.807, 2.05) is 0 Å². The van der Waals surface area contributed by atoms with Crippen LogP contribution in [0.3, 0.4) is 0 Å². The maximum atomic E-state index is 12.7. The molecule has 1 aromatic heterocycles. The Balaban J connectivity index is 0.000000193. The standard InChI is InChI=1S/C31H29N4.C14H6F6N.Pt/c1-21-14-22(2)31(23(3)15-21)24-16-25(34-19-32(4)27-10-6-8-12-29(27)34)18-26(17-24)35-20-33(5)28-11-7-9-13-30(28)35;15-13(16,17)7-1-3-11-9(5-7)10-6-8(14(18,19)20)2-4-12(10)21-11;/h6-17,19-20H,1-5H3;1-6H;/q-3;-1;+4. The largest absolute Gasteiger partial charge is 4.00 e. The van der Waals surface area contributed by atoms with Crippen molar-refractivity contribution in [3.63, 3.8) is 0 Å². The number of aromatic nitrogens is 1. The van der Waals surface area contributed by atoms with Crippen molar-refractivity contribution in [2.45, 2.75) is 33.1 Å². The van der Waals surface area contributed by atoms with Crippen molar-refractivity contribution in [2.24, 2.45) is 0 Å². The van der Waals surface area contributed by atoms with Crippen molar-refractivity contribution in [1.29, 1.82) is 0 Å². The molecule has 6 aromatic carbocycles. The van der Waals surface area contributed by atoms with Crippen LogP contribution in [0.5, 0.6) is 0 Å². The summed E-state index contributed by atoms with van der Waals surface area (Å²) in [5, 5.41) is 0.122. The second-order valence-corrected chi connectivity index (χ2v) is 14.2. The van der Waals surface area contributed by atoms with Crippen LogP contribution in [0.2, 0.25) is 0 Å². The number of nitrogens with zero attached hydrogens (tertiary/aromatic N) is 5. The third-order valence-corrected chi connectivity index (χ3v) is 10.1. The van der Waals surface area contributed by atoms with Crippen LogP contribution < -0.4 is 24.6 Å². The predicted octanol–water partition coefficient (Wildman–Crippen LogP) is 12.5. The number of aryl methyl sites for hydroxylation is 3. The van der Waals surface area contributed by atoms with Gasteiger partial charge in [0, 0.05) is 22.7 Å². The number of alkyl halides is 6. The zero-order valence-corrected chi connectivity index (χ0v) is 33.6. The number of hydrogen-bond acceptors (Lipinski definition) is 4. The minimum Gasteiger partial charge on any atom is -0.657 e. The van der Waals surface area contributed by atoms with Crippen molar-refractivity contribution < 1.29 is 47.4 Å². The summed E-state index contributed by atoms with van der Waals surface area (Å²) in [5.41, 5.74) is 11.7. The van der Waals surface area contributed by atoms with E-state index in [0.717, 1.165) is 59.1 Å². The number of rotatable bonds is 3. The smallest absolute Gasteiger partial charge is 0.657 e. The Kier molecular flexibility index (Phi) is 10.4. The number of fused-ring (bicyclic) bond motifs is 5. The molecule has 0 amide bonds. The Bertz CT molecular complexity index is 2460. The molecule has 3 heterocycles. The number of para-hydroxylation sites is 4. The first-order valence-electron chi connectivity index (χ1n) is 17.8. The van der Waals surface area contributed by atoms with Gasteiger partial charge in [-0.2, -0.15) is 39.7 Å². The van der Waals surface area contributed by atoms with E-state index in [-0.39, 0.29) is 42.9 Å². The van der Waals surface area contributed by atoms with Gasteiger partial charge in [0.15, 0.2) is 0 Å². The molecule has 0 saturated carbocycles. The molecule has 5 nitrogen and oxygen atoms in total. The molecular weight excluding hydrogens is 920 g/mol. The van der Waals surface area contributed by atoms with E-state index in [0.29, 0.717) is 0 Å². The summed E-state index contributed by atoms with van der Waals surface area (Å²) >= 11 is 0. The van der Waals surface area contributed by atoms with Crippen molar-refractivity contribution in [3.05, 3.63) is 156 Å². The number of halogens is 6. The molecule has 0 radical (unpaired) electrons. The summed E-state index contributed by atoms with van der Waals surface area (Å²) in [6.45, 7) is 10.9. The number of hydrogen-bond donors (Lipinski definition) is 0. The van der Waals surface area contributed by atoms with Gasteiger partial charge < -0.3 is 24.6 Å². The zero-order valence-electron chi connectivity index (χ0n) is 31.4. The first kappa shape index (κ1) is 39.8. The van der Waals surface area contributed by atoms with Crippen molar-refractivity contribution in [1.82, 2.24) is 4.98 Å². The minimum absolute atomic E-state index is 0. The fourth-order valence-corrected chi connectivity index (χ4v) is 7.67. The Hall–Kier alpha value is -5.41. The van der Waals surface area contributed by atoms with E-state index in [4.69, 9.17) is 0 Å². The van der Waals surface area contributed by atoms with Gasteiger partial charge in [0.1, 0.15) is 0 Å². The molecule has 9 rings (SSSR count). The molecule has 0 bridgehead atoms. The first-order valence-corrected chi connectivity index (χ1v) is 17.8. The summed E-state index contributed by atoms with van der Waals surface area (Å²) in [4.78, 5) is 12.9. The Morgan fingerprint density at radius 2 is 0.947 bits per heavy atom. The van der Waals surface area contributed by atoms with Gasteiger partial charge in [0.25, 0.3) is 0 Å². The second-order valence-electron chi connectivity index (χ2n) is 14.2. The van der Waals surface area contributed by atoms with Gasteiger partial charge in [-0.3, -0.25) is 0 Å². The molecule has 292 valence electrons. The van der Waals surface area contributed by atoms with E-state index in [1.165, 1.54) is 39.2 Å². The molecule has 0 atom stereocenters. The van der Waals surface area contributed by atoms with Gasteiger partial charge in [-0.15, -0.1) is 46.2 Å². The van der Waals surface area contributed by atoms with Crippen LogP contribution in [0.1, 0.15) is 27.8 Å². The monoisotopic (exact) mass is 954 g/mol. The first-order chi connectivity index (χ1) is 26.6. The van der Waals surface area contributed by atoms with E-state index < -0.39 is 23.5 Å². The summed E-state index contributed by atoms with van der Waals surface area (Å²) in [7, 11) is 4.19. The van der Waals surface area contributed by atoms with Crippen LogP contribution in [-0.2, 0) is 33.4 Å². The van der Waals surface area contributed by atoms with Gasteiger partial charge in [0.05, 0.1) is 11.1 Å². The predicted molar refractivity (Wildman–Crippen MR) is 212 cm³/mol. The average molecular weight is 955 g/mol. The van der Waals surface area contributed by atoms with E-state index in [2.05, 4.69) is 152 Å². The van der Waals surface area contributed by atoms with Gasteiger partial charge in [-0.1, -0.05) is 66.2 Å². The van der Waals surface area contributed by atoms with Gasteiger partial charge >= 0.3 is 33.4 Å². The Morgan fingerprint density at radius 3 is 1.35 bits per heavy atom. The zero-order chi connectivity index (χ0) is 39.7. The average Bonchev–Trinajstić information content (AvgIpc) is 3.81. The van der Waals surface area contributed by atoms with E-state index in [1.54, 1.807) is 0 Å². The van der Waals surface area contributed by atoms with Gasteiger partial charge in [-0.05, 0) is 98.7 Å². The van der Waals surface area contributed by atoms with Crippen molar-refractivity contribution in [3.8, 4) is 11.1 Å². The maximum Gasteiger partial charge on any atom is 4.00 e. The van der Waals surface area contributed by atoms with Crippen LogP contribution >= 0.6 is 0 Å². The summed E-state index contributed by atoms with van der Waals surface area (Å²) in [6, 6.07) is 35.5. The molecule has 2 aliphatic rings. The molecule has 0 N–H and O–H groups in total. The van der Waals surface area contributed by atoms with Gasteiger partial charge in [0.2, 0.25) is 0 Å². The fraction of sp³-hybridized carbons (Fsp3) is 0.156. The van der Waals surface area contributed by atoms with E-state index >= 15 is 0 Å². The molecule has 57 heavy (non-hydrogen) atoms.